The van der Waals surface area contributed by atoms with Crippen molar-refractivity contribution in [3.63, 3.8) is 0 Å². The number of carboxylic acid groups (broad SMARTS) is 1. The number of benzene rings is 1. The maximum absolute atomic E-state index is 12.9. The van der Waals surface area contributed by atoms with Crippen LogP contribution in [0.5, 0.6) is 0 Å². The molecule has 1 aromatic rings. The predicted octanol–water partition coefficient (Wildman–Crippen LogP) is 3.28. The molecule has 0 aliphatic carbocycles. The molecule has 0 spiro atoms. The second kappa shape index (κ2) is 7.02. The van der Waals surface area contributed by atoms with Crippen molar-refractivity contribution < 1.29 is 19.1 Å². The van der Waals surface area contributed by atoms with E-state index in [1.807, 2.05) is 6.92 Å². The van der Waals surface area contributed by atoms with Gasteiger partial charge in [-0.05, 0) is 30.2 Å². The van der Waals surface area contributed by atoms with Crippen molar-refractivity contribution in [2.75, 3.05) is 0 Å². The summed E-state index contributed by atoms with van der Waals surface area (Å²) in [6, 6.07) is 4.73. The molecule has 0 bridgehead atoms. The zero-order valence-electron chi connectivity index (χ0n) is 11.8. The Bertz CT molecular complexity index is 643. The maximum atomic E-state index is 12.9. The average Bonchev–Trinajstić information content (AvgIpc) is 2.73. The first-order chi connectivity index (χ1) is 10.4. The molecule has 2 rings (SSSR count). The summed E-state index contributed by atoms with van der Waals surface area (Å²) in [6.45, 7) is 1.85. The van der Waals surface area contributed by atoms with Gasteiger partial charge in [0.2, 0.25) is 0 Å². The summed E-state index contributed by atoms with van der Waals surface area (Å²) >= 11 is 6.21. The van der Waals surface area contributed by atoms with E-state index in [0.29, 0.717) is 23.3 Å². The molecule has 4 nitrogen and oxygen atoms in total. The molecule has 1 fully saturated rings. The lowest BCUT2D eigenvalue weighted by Gasteiger charge is -2.22. The van der Waals surface area contributed by atoms with Crippen molar-refractivity contribution in [1.82, 2.24) is 4.90 Å². The third-order valence-corrected chi connectivity index (χ3v) is 4.48. The molecule has 1 heterocycles. The number of rotatable bonds is 5. The van der Waals surface area contributed by atoms with Gasteiger partial charge in [0.25, 0.3) is 5.91 Å². The molecule has 1 N–H and O–H groups in total. The van der Waals surface area contributed by atoms with Gasteiger partial charge in [-0.25, -0.2) is 9.18 Å². The van der Waals surface area contributed by atoms with E-state index in [4.69, 9.17) is 12.2 Å². The second-order valence-corrected chi connectivity index (χ2v) is 6.42. The van der Waals surface area contributed by atoms with Crippen LogP contribution in [-0.2, 0) is 9.59 Å². The van der Waals surface area contributed by atoms with Crippen molar-refractivity contribution in [3.05, 3.63) is 40.6 Å². The Morgan fingerprint density at radius 3 is 2.64 bits per heavy atom. The molecule has 1 aromatic carbocycles. The summed E-state index contributed by atoms with van der Waals surface area (Å²) in [6.07, 6.45) is 2.56. The molecular weight excluding hydrogens is 325 g/mol. The Morgan fingerprint density at radius 2 is 2.09 bits per heavy atom. The molecule has 22 heavy (non-hydrogen) atoms. The van der Waals surface area contributed by atoms with Gasteiger partial charge < -0.3 is 5.11 Å². The number of hydrogen-bond donors (Lipinski definition) is 1. The van der Waals surface area contributed by atoms with Crippen LogP contribution in [0.15, 0.2) is 29.2 Å². The standard InChI is InChI=1S/C15H14FNO3S2/c1-2-3-11(14(19)20)17-13(18)12(22-15(17)21)8-9-4-6-10(16)7-5-9/h4-8,11H,2-3H2,1H3,(H,19,20)/b12-8-. The van der Waals surface area contributed by atoms with E-state index in [0.717, 1.165) is 16.7 Å². The number of thioether (sulfide) groups is 1. The second-order valence-electron chi connectivity index (χ2n) is 4.75. The fourth-order valence-electron chi connectivity index (χ4n) is 2.10. The molecule has 1 unspecified atom stereocenters. The van der Waals surface area contributed by atoms with Crippen LogP contribution >= 0.6 is 24.0 Å². The van der Waals surface area contributed by atoms with Gasteiger partial charge in [-0.2, -0.15) is 0 Å². The van der Waals surface area contributed by atoms with Gasteiger partial charge in [0, 0.05) is 0 Å². The van der Waals surface area contributed by atoms with Gasteiger partial charge in [0.15, 0.2) is 0 Å². The molecule has 1 aliphatic heterocycles. The van der Waals surface area contributed by atoms with E-state index < -0.39 is 17.9 Å². The Kier molecular flexibility index (Phi) is 5.31. The molecular formula is C15H14FNO3S2. The van der Waals surface area contributed by atoms with E-state index in [9.17, 15) is 19.1 Å². The van der Waals surface area contributed by atoms with Gasteiger partial charge in [-0.15, -0.1) is 0 Å². The van der Waals surface area contributed by atoms with Gasteiger partial charge in [-0.1, -0.05) is 49.5 Å². The first-order valence-corrected chi connectivity index (χ1v) is 7.92. The van der Waals surface area contributed by atoms with Crippen molar-refractivity contribution in [3.8, 4) is 0 Å². The third kappa shape index (κ3) is 3.53. The van der Waals surface area contributed by atoms with E-state index in [2.05, 4.69) is 0 Å². The molecule has 1 saturated heterocycles. The van der Waals surface area contributed by atoms with Crippen LogP contribution in [0.2, 0.25) is 0 Å². The highest BCUT2D eigenvalue weighted by Gasteiger charge is 2.39. The van der Waals surface area contributed by atoms with Gasteiger partial charge in [0.1, 0.15) is 16.2 Å². The summed E-state index contributed by atoms with van der Waals surface area (Å²) in [5.74, 6) is -1.85. The number of nitrogens with zero attached hydrogens (tertiary/aromatic N) is 1. The van der Waals surface area contributed by atoms with Crippen LogP contribution < -0.4 is 0 Å². The number of aliphatic carboxylic acids is 1. The third-order valence-electron chi connectivity index (χ3n) is 3.15. The number of hydrogen-bond acceptors (Lipinski definition) is 4. The predicted molar refractivity (Wildman–Crippen MR) is 87.7 cm³/mol. The van der Waals surface area contributed by atoms with E-state index in [1.54, 1.807) is 18.2 Å². The maximum Gasteiger partial charge on any atom is 0.326 e. The first-order valence-electron chi connectivity index (χ1n) is 6.69. The lowest BCUT2D eigenvalue weighted by Crippen LogP contribution is -2.43. The zero-order valence-corrected chi connectivity index (χ0v) is 13.4. The summed E-state index contributed by atoms with van der Waals surface area (Å²) in [7, 11) is 0. The minimum Gasteiger partial charge on any atom is -0.480 e. The smallest absolute Gasteiger partial charge is 0.326 e. The van der Waals surface area contributed by atoms with Gasteiger partial charge in [0.05, 0.1) is 4.91 Å². The van der Waals surface area contributed by atoms with Crippen LogP contribution in [0.3, 0.4) is 0 Å². The Labute approximate surface area is 137 Å². The molecule has 1 amide bonds. The Morgan fingerprint density at radius 1 is 1.45 bits per heavy atom. The van der Waals surface area contributed by atoms with Crippen LogP contribution in [0.25, 0.3) is 6.08 Å². The molecule has 7 heteroatoms. The summed E-state index contributed by atoms with van der Waals surface area (Å²) < 4.78 is 13.1. The highest BCUT2D eigenvalue weighted by Crippen LogP contribution is 2.34. The van der Waals surface area contributed by atoms with Crippen LogP contribution in [-0.4, -0.2) is 32.2 Å². The van der Waals surface area contributed by atoms with Crippen molar-refractivity contribution in [1.29, 1.82) is 0 Å². The van der Waals surface area contributed by atoms with Crippen LogP contribution in [0.1, 0.15) is 25.3 Å². The normalized spacial score (nSPS) is 18.1. The lowest BCUT2D eigenvalue weighted by atomic mass is 10.1. The summed E-state index contributed by atoms with van der Waals surface area (Å²) in [5.41, 5.74) is 0.657. The number of halogens is 1. The molecule has 0 saturated carbocycles. The molecule has 1 aliphatic rings. The summed E-state index contributed by atoms with van der Waals surface area (Å²) in [5, 5.41) is 9.28. The fraction of sp³-hybridized carbons (Fsp3) is 0.267. The molecule has 0 radical (unpaired) electrons. The van der Waals surface area contributed by atoms with Gasteiger partial charge in [-0.3, -0.25) is 9.69 Å². The SMILES string of the molecule is CCCC(C(=O)O)N1C(=O)/C(=C/c2ccc(F)cc2)SC1=S. The van der Waals surface area contributed by atoms with Crippen molar-refractivity contribution >= 4 is 46.3 Å². The monoisotopic (exact) mass is 339 g/mol. The molecule has 116 valence electrons. The lowest BCUT2D eigenvalue weighted by molar-refractivity contribution is -0.145. The van der Waals surface area contributed by atoms with Crippen LogP contribution in [0, 0.1) is 5.82 Å². The molecule has 0 aromatic heterocycles. The van der Waals surface area contributed by atoms with Crippen molar-refractivity contribution in [2.24, 2.45) is 0 Å². The quantitative estimate of drug-likeness (QED) is 0.659. The topological polar surface area (TPSA) is 57.6 Å². The Balaban J connectivity index is 2.27. The first kappa shape index (κ1) is 16.6. The minimum absolute atomic E-state index is 0.235. The highest BCUT2D eigenvalue weighted by molar-refractivity contribution is 8.26. The minimum atomic E-state index is -1.07. The highest BCUT2D eigenvalue weighted by atomic mass is 32.2. The van der Waals surface area contributed by atoms with E-state index in [1.165, 1.54) is 12.1 Å². The van der Waals surface area contributed by atoms with Crippen molar-refractivity contribution in [2.45, 2.75) is 25.8 Å². The van der Waals surface area contributed by atoms with Gasteiger partial charge >= 0.3 is 5.97 Å². The number of thiocarbonyl (C=S) groups is 1. The Hall–Kier alpha value is -1.73. The molecule has 1 atom stereocenters. The number of carbonyl (C=O) groups excluding carboxylic acids is 1. The summed E-state index contributed by atoms with van der Waals surface area (Å²) in [4.78, 5) is 25.3. The number of carboxylic acids is 1. The largest absolute Gasteiger partial charge is 0.480 e. The zero-order chi connectivity index (χ0) is 16.3. The fourth-order valence-corrected chi connectivity index (χ4v) is 3.45. The van der Waals surface area contributed by atoms with Crippen LogP contribution in [0.4, 0.5) is 4.39 Å². The number of carbonyl (C=O) groups is 2. The van der Waals surface area contributed by atoms with E-state index in [-0.39, 0.29) is 10.1 Å². The van der Waals surface area contributed by atoms with E-state index >= 15 is 0 Å². The average molecular weight is 339 g/mol. The number of amides is 1.